The van der Waals surface area contributed by atoms with Crippen molar-refractivity contribution in [1.29, 1.82) is 5.41 Å². The zero-order valence-electron chi connectivity index (χ0n) is 9.06. The number of nitrogens with zero attached hydrogens (tertiary/aromatic N) is 1. The molecule has 1 aromatic rings. The summed E-state index contributed by atoms with van der Waals surface area (Å²) >= 11 is 0. The van der Waals surface area contributed by atoms with Crippen molar-refractivity contribution in [1.82, 2.24) is 0 Å². The summed E-state index contributed by atoms with van der Waals surface area (Å²) in [6.07, 6.45) is -0.689. The van der Waals surface area contributed by atoms with Gasteiger partial charge in [-0.3, -0.25) is 15.5 Å². The van der Waals surface area contributed by atoms with Crippen LogP contribution in [-0.2, 0) is 4.74 Å². The van der Waals surface area contributed by atoms with E-state index in [1.807, 2.05) is 0 Å². The molecule has 0 radical (unpaired) electrons. The van der Waals surface area contributed by atoms with E-state index in [0.29, 0.717) is 11.1 Å². The number of ether oxygens (including phenoxy) is 1. The van der Waals surface area contributed by atoms with E-state index in [0.717, 1.165) is 0 Å². The van der Waals surface area contributed by atoms with E-state index in [-0.39, 0.29) is 10.8 Å². The van der Waals surface area contributed by atoms with Crippen LogP contribution in [0.2, 0.25) is 0 Å². The minimum absolute atomic E-state index is 0.00975. The minimum Gasteiger partial charge on any atom is -0.462 e. The van der Waals surface area contributed by atoms with Gasteiger partial charge in [0.05, 0.1) is 0 Å². The zero-order chi connectivity index (χ0) is 11.9. The van der Waals surface area contributed by atoms with Crippen LogP contribution in [0.4, 0.5) is 0 Å². The van der Waals surface area contributed by atoms with Gasteiger partial charge in [-0.15, -0.1) is 0 Å². The molecule has 5 nitrogen and oxygen atoms in total. The van der Waals surface area contributed by atoms with Gasteiger partial charge in [0.15, 0.2) is 6.10 Å². The second-order valence-electron chi connectivity index (χ2n) is 4.33. The molecule has 2 rings (SSSR count). The molecule has 16 heavy (non-hydrogen) atoms. The van der Waals surface area contributed by atoms with Crippen molar-refractivity contribution in [3.05, 3.63) is 45.5 Å². The predicted octanol–water partition coefficient (Wildman–Crippen LogP) is 2.14. The first kappa shape index (κ1) is 10.6. The highest BCUT2D eigenvalue weighted by Gasteiger charge is 2.48. The molecule has 1 atom stereocenters. The Labute approximate surface area is 92.7 Å². The van der Waals surface area contributed by atoms with Crippen LogP contribution in [0.15, 0.2) is 24.3 Å². The highest BCUT2D eigenvalue weighted by molar-refractivity contribution is 5.96. The standard InChI is InChI=1S/C11H12N2O3/c1-11(2,13(14)15)9-7-5-3-4-6-8(7)10(12)16-9/h3-6,9,12H,1-2H3/t9-/m0/s1. The number of nitro groups is 1. The highest BCUT2D eigenvalue weighted by Crippen LogP contribution is 2.39. The van der Waals surface area contributed by atoms with Gasteiger partial charge in [0.25, 0.3) is 5.54 Å². The fourth-order valence-corrected chi connectivity index (χ4v) is 1.80. The fraction of sp³-hybridized carbons (Fsp3) is 0.364. The van der Waals surface area contributed by atoms with Gasteiger partial charge in [-0.2, -0.15) is 0 Å². The van der Waals surface area contributed by atoms with Gasteiger partial charge in [0, 0.05) is 29.9 Å². The molecule has 0 bridgehead atoms. The van der Waals surface area contributed by atoms with Crippen molar-refractivity contribution in [3.63, 3.8) is 0 Å². The molecule has 0 amide bonds. The molecule has 0 unspecified atom stereocenters. The molecule has 1 aliphatic rings. The largest absolute Gasteiger partial charge is 0.462 e. The Bertz CT molecular complexity index is 468. The summed E-state index contributed by atoms with van der Waals surface area (Å²) < 4.78 is 5.30. The van der Waals surface area contributed by atoms with Crippen molar-refractivity contribution < 1.29 is 9.66 Å². The van der Waals surface area contributed by atoms with Crippen molar-refractivity contribution in [2.75, 3.05) is 0 Å². The van der Waals surface area contributed by atoms with Gasteiger partial charge in [-0.1, -0.05) is 18.2 Å². The van der Waals surface area contributed by atoms with Crippen LogP contribution in [0.25, 0.3) is 0 Å². The third kappa shape index (κ3) is 1.36. The lowest BCUT2D eigenvalue weighted by Gasteiger charge is -2.22. The quantitative estimate of drug-likeness (QED) is 0.612. The Morgan fingerprint density at radius 2 is 2.06 bits per heavy atom. The number of rotatable bonds is 2. The molecule has 1 aliphatic heterocycles. The number of hydrogen-bond donors (Lipinski definition) is 1. The summed E-state index contributed by atoms with van der Waals surface area (Å²) in [6, 6.07) is 7.10. The number of nitrogens with one attached hydrogen (secondary N) is 1. The van der Waals surface area contributed by atoms with Crippen molar-refractivity contribution in [3.8, 4) is 0 Å². The van der Waals surface area contributed by atoms with Crippen LogP contribution in [0.5, 0.6) is 0 Å². The summed E-state index contributed by atoms with van der Waals surface area (Å²) in [7, 11) is 0. The molecule has 1 N–H and O–H groups in total. The SMILES string of the molecule is CC(C)([C@H]1OC(=N)c2ccccc21)[N+](=O)[O-]. The average Bonchev–Trinajstić information content (AvgIpc) is 2.57. The number of benzene rings is 1. The maximum Gasteiger partial charge on any atom is 0.257 e. The van der Waals surface area contributed by atoms with E-state index < -0.39 is 11.6 Å². The minimum atomic E-state index is -1.24. The van der Waals surface area contributed by atoms with Crippen LogP contribution in [0, 0.1) is 15.5 Å². The molecule has 0 aliphatic carbocycles. The van der Waals surface area contributed by atoms with E-state index in [1.165, 1.54) is 13.8 Å². The molecule has 0 saturated heterocycles. The molecular weight excluding hydrogens is 208 g/mol. The van der Waals surface area contributed by atoms with Gasteiger partial charge >= 0.3 is 0 Å². The molecule has 1 heterocycles. The van der Waals surface area contributed by atoms with Crippen molar-refractivity contribution in [2.45, 2.75) is 25.5 Å². The Balaban J connectivity index is 2.49. The summed E-state index contributed by atoms with van der Waals surface area (Å²) in [6.45, 7) is 3.01. The normalized spacial score (nSPS) is 19.1. The lowest BCUT2D eigenvalue weighted by molar-refractivity contribution is -0.573. The van der Waals surface area contributed by atoms with Crippen LogP contribution < -0.4 is 0 Å². The first-order chi connectivity index (χ1) is 7.44. The smallest absolute Gasteiger partial charge is 0.257 e. The molecule has 0 aromatic heterocycles. The second kappa shape index (κ2) is 3.30. The highest BCUT2D eigenvalue weighted by atomic mass is 16.6. The first-order valence-electron chi connectivity index (χ1n) is 4.93. The van der Waals surface area contributed by atoms with E-state index in [4.69, 9.17) is 10.1 Å². The van der Waals surface area contributed by atoms with E-state index in [2.05, 4.69) is 0 Å². The van der Waals surface area contributed by atoms with Gasteiger partial charge in [0.1, 0.15) is 0 Å². The molecule has 0 fully saturated rings. The Morgan fingerprint density at radius 1 is 1.44 bits per heavy atom. The van der Waals surface area contributed by atoms with Crippen molar-refractivity contribution in [2.24, 2.45) is 0 Å². The molecular formula is C11H12N2O3. The molecule has 1 aromatic carbocycles. The summed E-state index contributed by atoms with van der Waals surface area (Å²) in [4.78, 5) is 10.6. The summed E-state index contributed by atoms with van der Waals surface area (Å²) in [5, 5.41) is 18.6. The summed E-state index contributed by atoms with van der Waals surface area (Å²) in [5.41, 5.74) is 0.121. The van der Waals surface area contributed by atoms with Gasteiger partial charge < -0.3 is 4.74 Å². The predicted molar refractivity (Wildman–Crippen MR) is 58.2 cm³/mol. The van der Waals surface area contributed by atoms with Gasteiger partial charge in [-0.25, -0.2) is 0 Å². The third-order valence-corrected chi connectivity index (χ3v) is 2.84. The fourth-order valence-electron chi connectivity index (χ4n) is 1.80. The number of fused-ring (bicyclic) bond motifs is 1. The Kier molecular flexibility index (Phi) is 2.18. The average molecular weight is 220 g/mol. The maximum atomic E-state index is 11.0. The van der Waals surface area contributed by atoms with Crippen LogP contribution >= 0.6 is 0 Å². The molecule has 5 heteroatoms. The molecule has 84 valence electrons. The topological polar surface area (TPSA) is 76.2 Å². The lowest BCUT2D eigenvalue weighted by atomic mass is 9.91. The zero-order valence-corrected chi connectivity index (χ0v) is 9.06. The second-order valence-corrected chi connectivity index (χ2v) is 4.33. The maximum absolute atomic E-state index is 11.0. The van der Waals surface area contributed by atoms with Crippen molar-refractivity contribution >= 4 is 5.90 Å². The molecule has 0 spiro atoms. The lowest BCUT2D eigenvalue weighted by Crippen LogP contribution is -2.38. The Hall–Kier alpha value is -1.91. The van der Waals surface area contributed by atoms with E-state index in [9.17, 15) is 10.1 Å². The van der Waals surface area contributed by atoms with Crippen LogP contribution in [0.3, 0.4) is 0 Å². The van der Waals surface area contributed by atoms with Gasteiger partial charge in [0.2, 0.25) is 5.90 Å². The monoisotopic (exact) mass is 220 g/mol. The third-order valence-electron chi connectivity index (χ3n) is 2.84. The van der Waals surface area contributed by atoms with E-state index in [1.54, 1.807) is 24.3 Å². The van der Waals surface area contributed by atoms with Gasteiger partial charge in [-0.05, 0) is 6.07 Å². The van der Waals surface area contributed by atoms with E-state index >= 15 is 0 Å². The Morgan fingerprint density at radius 3 is 2.69 bits per heavy atom. The van der Waals surface area contributed by atoms with Crippen LogP contribution in [0.1, 0.15) is 31.1 Å². The van der Waals surface area contributed by atoms with Crippen LogP contribution in [-0.4, -0.2) is 16.4 Å². The molecule has 0 saturated carbocycles. The first-order valence-corrected chi connectivity index (χ1v) is 4.93. The summed E-state index contributed by atoms with van der Waals surface area (Å²) in [5.74, 6) is 0.00975. The number of hydrogen-bond acceptors (Lipinski definition) is 4.